The molecule has 1 amide bonds. The van der Waals surface area contributed by atoms with Crippen LogP contribution in [0.15, 0.2) is 48.5 Å². The zero-order valence-electron chi connectivity index (χ0n) is 14.3. The number of carbonyl (C=O) groups is 1. The molecule has 2 N–H and O–H groups in total. The summed E-state index contributed by atoms with van der Waals surface area (Å²) in [6, 6.07) is 14.1. The minimum Gasteiger partial charge on any atom is -0.375 e. The van der Waals surface area contributed by atoms with Gasteiger partial charge in [0, 0.05) is 24.7 Å². The number of rotatable bonds is 9. The Morgan fingerprint density at radius 3 is 2.56 bits per heavy atom. The fourth-order valence-corrected chi connectivity index (χ4v) is 2.45. The van der Waals surface area contributed by atoms with Gasteiger partial charge in [-0.15, -0.1) is 0 Å². The molecule has 0 radical (unpaired) electrons. The molecule has 0 bridgehead atoms. The molecule has 0 saturated carbocycles. The quantitative estimate of drug-likeness (QED) is 0.408. The average Bonchev–Trinajstić information content (AvgIpc) is 2.64. The Labute approximate surface area is 147 Å². The second-order valence-electron chi connectivity index (χ2n) is 5.79. The van der Waals surface area contributed by atoms with Crippen molar-refractivity contribution in [2.75, 3.05) is 11.9 Å². The first-order chi connectivity index (χ1) is 12.1. The van der Waals surface area contributed by atoms with Gasteiger partial charge in [0.25, 0.3) is 11.6 Å². The van der Waals surface area contributed by atoms with Gasteiger partial charge in [-0.1, -0.05) is 50.1 Å². The van der Waals surface area contributed by atoms with Crippen LogP contribution in [0.2, 0.25) is 0 Å². The maximum atomic E-state index is 12.1. The van der Waals surface area contributed by atoms with Gasteiger partial charge in [-0.05, 0) is 24.1 Å². The van der Waals surface area contributed by atoms with Crippen molar-refractivity contribution in [3.05, 3.63) is 69.8 Å². The molecule has 2 rings (SSSR count). The number of hydrogen-bond donors (Lipinski definition) is 2. The number of unbranched alkanes of at least 4 members (excludes halogenated alkanes) is 2. The predicted molar refractivity (Wildman–Crippen MR) is 98.7 cm³/mol. The Morgan fingerprint density at radius 2 is 1.88 bits per heavy atom. The Balaban J connectivity index is 2.06. The van der Waals surface area contributed by atoms with Crippen molar-refractivity contribution in [1.29, 1.82) is 0 Å². The van der Waals surface area contributed by atoms with Gasteiger partial charge in [0.15, 0.2) is 0 Å². The Kier molecular flexibility index (Phi) is 6.95. The van der Waals surface area contributed by atoms with Crippen LogP contribution in [-0.4, -0.2) is 17.4 Å². The lowest BCUT2D eigenvalue weighted by molar-refractivity contribution is -0.384. The second-order valence-corrected chi connectivity index (χ2v) is 5.79. The lowest BCUT2D eigenvalue weighted by atomic mass is 10.1. The molecular formula is C19H23N3O3. The smallest absolute Gasteiger partial charge is 0.293 e. The first-order valence-electron chi connectivity index (χ1n) is 8.46. The summed E-state index contributed by atoms with van der Waals surface area (Å²) >= 11 is 0. The fraction of sp³-hybridized carbons (Fsp3) is 0.316. The van der Waals surface area contributed by atoms with Crippen molar-refractivity contribution >= 4 is 17.3 Å². The standard InChI is InChI=1S/C19H23N3O3/c1-2-3-7-12-20-19(23)16-10-11-17(18(13-16)22(24)25)21-14-15-8-5-4-6-9-15/h4-6,8-11,13,21H,2-3,7,12,14H2,1H3,(H,20,23). The molecule has 0 saturated heterocycles. The molecule has 0 atom stereocenters. The molecule has 2 aromatic rings. The number of carbonyl (C=O) groups excluding carboxylic acids is 1. The van der Waals surface area contributed by atoms with Gasteiger partial charge < -0.3 is 10.6 Å². The van der Waals surface area contributed by atoms with Crippen LogP contribution in [-0.2, 0) is 6.54 Å². The van der Waals surface area contributed by atoms with Crippen LogP contribution in [0.1, 0.15) is 42.1 Å². The molecule has 0 unspecified atom stereocenters. The van der Waals surface area contributed by atoms with Crippen LogP contribution in [0, 0.1) is 10.1 Å². The highest BCUT2D eigenvalue weighted by Crippen LogP contribution is 2.26. The average molecular weight is 341 g/mol. The highest BCUT2D eigenvalue weighted by atomic mass is 16.6. The monoisotopic (exact) mass is 341 g/mol. The van der Waals surface area contributed by atoms with Gasteiger partial charge in [0.05, 0.1) is 4.92 Å². The number of benzene rings is 2. The van der Waals surface area contributed by atoms with E-state index in [1.807, 2.05) is 30.3 Å². The molecule has 0 aliphatic heterocycles. The minimum absolute atomic E-state index is 0.0999. The maximum absolute atomic E-state index is 12.1. The van der Waals surface area contributed by atoms with Crippen molar-refractivity contribution in [1.82, 2.24) is 5.32 Å². The number of nitro groups is 1. The van der Waals surface area contributed by atoms with Gasteiger partial charge in [-0.3, -0.25) is 14.9 Å². The summed E-state index contributed by atoms with van der Waals surface area (Å²) in [5.74, 6) is -0.284. The summed E-state index contributed by atoms with van der Waals surface area (Å²) in [6.07, 6.45) is 3.02. The first kappa shape index (κ1) is 18.4. The van der Waals surface area contributed by atoms with E-state index in [1.165, 1.54) is 6.07 Å². The summed E-state index contributed by atoms with van der Waals surface area (Å²) in [4.78, 5) is 23.0. The minimum atomic E-state index is -0.471. The van der Waals surface area contributed by atoms with Crippen LogP contribution in [0.25, 0.3) is 0 Å². The predicted octanol–water partition coefficient (Wildman–Crippen LogP) is 4.13. The molecule has 0 fully saturated rings. The molecule has 0 aliphatic carbocycles. The number of hydrogen-bond acceptors (Lipinski definition) is 4. The summed E-state index contributed by atoms with van der Waals surface area (Å²) < 4.78 is 0. The molecule has 0 aromatic heterocycles. The van der Waals surface area contributed by atoms with Gasteiger partial charge in [0.1, 0.15) is 5.69 Å². The van der Waals surface area contributed by atoms with Gasteiger partial charge in [0.2, 0.25) is 0 Å². The van der Waals surface area contributed by atoms with Crippen molar-refractivity contribution in [2.24, 2.45) is 0 Å². The summed E-state index contributed by atoms with van der Waals surface area (Å²) in [7, 11) is 0. The van der Waals surface area contributed by atoms with E-state index in [2.05, 4.69) is 17.6 Å². The van der Waals surface area contributed by atoms with E-state index in [1.54, 1.807) is 12.1 Å². The largest absolute Gasteiger partial charge is 0.375 e. The van der Waals surface area contributed by atoms with E-state index in [0.29, 0.717) is 24.3 Å². The third-order valence-corrected chi connectivity index (χ3v) is 3.85. The Bertz CT molecular complexity index is 717. The van der Waals surface area contributed by atoms with Crippen LogP contribution < -0.4 is 10.6 Å². The molecule has 25 heavy (non-hydrogen) atoms. The molecule has 6 nitrogen and oxygen atoms in total. The molecule has 132 valence electrons. The zero-order valence-corrected chi connectivity index (χ0v) is 14.3. The lowest BCUT2D eigenvalue weighted by Gasteiger charge is -2.09. The molecule has 0 aliphatic rings. The molecule has 2 aromatic carbocycles. The van der Waals surface area contributed by atoms with Crippen molar-refractivity contribution in [3.63, 3.8) is 0 Å². The van der Waals surface area contributed by atoms with E-state index in [0.717, 1.165) is 24.8 Å². The van der Waals surface area contributed by atoms with Crippen molar-refractivity contribution < 1.29 is 9.72 Å². The van der Waals surface area contributed by atoms with Crippen molar-refractivity contribution in [3.8, 4) is 0 Å². The van der Waals surface area contributed by atoms with Crippen molar-refractivity contribution in [2.45, 2.75) is 32.7 Å². The third kappa shape index (κ3) is 5.60. The number of nitrogens with zero attached hydrogens (tertiary/aromatic N) is 1. The van der Waals surface area contributed by atoms with E-state index < -0.39 is 4.92 Å². The highest BCUT2D eigenvalue weighted by Gasteiger charge is 2.17. The second kappa shape index (κ2) is 9.42. The van der Waals surface area contributed by atoms with Gasteiger partial charge >= 0.3 is 0 Å². The van der Waals surface area contributed by atoms with Gasteiger partial charge in [-0.25, -0.2) is 0 Å². The van der Waals surface area contributed by atoms with E-state index >= 15 is 0 Å². The zero-order chi connectivity index (χ0) is 18.1. The van der Waals surface area contributed by atoms with Crippen LogP contribution in [0.5, 0.6) is 0 Å². The topological polar surface area (TPSA) is 84.3 Å². The number of nitro benzene ring substituents is 1. The lowest BCUT2D eigenvalue weighted by Crippen LogP contribution is -2.24. The third-order valence-electron chi connectivity index (χ3n) is 3.85. The highest BCUT2D eigenvalue weighted by molar-refractivity contribution is 5.95. The van der Waals surface area contributed by atoms with Crippen LogP contribution >= 0.6 is 0 Å². The van der Waals surface area contributed by atoms with E-state index in [4.69, 9.17) is 0 Å². The number of anilines is 1. The fourth-order valence-electron chi connectivity index (χ4n) is 2.45. The molecular weight excluding hydrogens is 318 g/mol. The SMILES string of the molecule is CCCCCNC(=O)c1ccc(NCc2ccccc2)c([N+](=O)[O-])c1. The summed E-state index contributed by atoms with van der Waals surface area (Å²) in [6.45, 7) is 3.14. The summed E-state index contributed by atoms with van der Waals surface area (Å²) in [5.41, 5.74) is 1.62. The summed E-state index contributed by atoms with van der Waals surface area (Å²) in [5, 5.41) is 17.2. The number of nitrogens with one attached hydrogen (secondary N) is 2. The Morgan fingerprint density at radius 1 is 1.12 bits per heavy atom. The van der Waals surface area contributed by atoms with Crippen LogP contribution in [0.4, 0.5) is 11.4 Å². The van der Waals surface area contributed by atoms with Crippen LogP contribution in [0.3, 0.4) is 0 Å². The van der Waals surface area contributed by atoms with E-state index in [9.17, 15) is 14.9 Å². The number of amides is 1. The normalized spacial score (nSPS) is 10.3. The van der Waals surface area contributed by atoms with Gasteiger partial charge in [-0.2, -0.15) is 0 Å². The first-order valence-corrected chi connectivity index (χ1v) is 8.46. The molecule has 6 heteroatoms. The Hall–Kier alpha value is -2.89. The molecule has 0 heterocycles. The molecule has 0 spiro atoms. The van der Waals surface area contributed by atoms with E-state index in [-0.39, 0.29) is 11.6 Å². The maximum Gasteiger partial charge on any atom is 0.293 e.